The molecule has 0 fully saturated rings. The lowest BCUT2D eigenvalue weighted by molar-refractivity contribution is 0.157. The highest BCUT2D eigenvalue weighted by atomic mass is 35.5. The van der Waals surface area contributed by atoms with Crippen molar-refractivity contribution in [3.63, 3.8) is 0 Å². The summed E-state index contributed by atoms with van der Waals surface area (Å²) in [7, 11) is -3.34. The van der Waals surface area contributed by atoms with Crippen molar-refractivity contribution in [1.82, 2.24) is 5.32 Å². The van der Waals surface area contributed by atoms with Crippen LogP contribution in [0.2, 0.25) is 5.02 Å². The van der Waals surface area contributed by atoms with Gasteiger partial charge in [-0.05, 0) is 12.1 Å². The molecule has 0 radical (unpaired) electrons. The molecule has 0 heterocycles. The molecule has 0 aliphatic rings. The Morgan fingerprint density at radius 2 is 2.16 bits per heavy atom. The lowest BCUT2D eigenvalue weighted by Crippen LogP contribution is -2.24. The van der Waals surface area contributed by atoms with Gasteiger partial charge in [-0.25, -0.2) is 13.2 Å². The quantitative estimate of drug-likeness (QED) is 0.762. The predicted molar refractivity (Wildman–Crippen MR) is 71.8 cm³/mol. The molecule has 8 heteroatoms. The first kappa shape index (κ1) is 15.7. The average molecular weight is 307 g/mol. The van der Waals surface area contributed by atoms with E-state index in [1.807, 2.05) is 0 Å². The zero-order valence-electron chi connectivity index (χ0n) is 10.3. The molecule has 0 spiro atoms. The third-order valence-corrected chi connectivity index (χ3v) is 3.84. The van der Waals surface area contributed by atoms with Crippen LogP contribution in [-0.2, 0) is 21.1 Å². The fourth-order valence-electron chi connectivity index (χ4n) is 1.49. The van der Waals surface area contributed by atoms with Crippen molar-refractivity contribution in [2.75, 3.05) is 19.4 Å². The highest BCUT2D eigenvalue weighted by Crippen LogP contribution is 2.23. The smallest absolute Gasteiger partial charge is 0.404 e. The van der Waals surface area contributed by atoms with Gasteiger partial charge in [-0.1, -0.05) is 17.7 Å². The molecule has 0 saturated carbocycles. The minimum atomic E-state index is -3.34. The van der Waals surface area contributed by atoms with Crippen molar-refractivity contribution in [1.29, 1.82) is 0 Å². The van der Waals surface area contributed by atoms with Crippen molar-refractivity contribution in [2.24, 2.45) is 5.73 Å². The molecule has 0 aliphatic heterocycles. The molecular weight excluding hydrogens is 292 g/mol. The van der Waals surface area contributed by atoms with Crippen molar-refractivity contribution < 1.29 is 17.9 Å². The summed E-state index contributed by atoms with van der Waals surface area (Å²) in [5.41, 5.74) is 5.29. The van der Waals surface area contributed by atoms with E-state index in [-0.39, 0.29) is 18.0 Å². The Kier molecular flexibility index (Phi) is 5.59. The number of hydrogen-bond donors (Lipinski definition) is 2. The summed E-state index contributed by atoms with van der Waals surface area (Å²) < 4.78 is 27.8. The topological polar surface area (TPSA) is 98.5 Å². The van der Waals surface area contributed by atoms with Crippen LogP contribution in [0.25, 0.3) is 0 Å². The van der Waals surface area contributed by atoms with Crippen LogP contribution >= 0.6 is 11.6 Å². The van der Waals surface area contributed by atoms with E-state index in [1.54, 1.807) is 12.1 Å². The molecule has 19 heavy (non-hydrogen) atoms. The molecule has 1 aromatic rings. The molecule has 106 valence electrons. The molecule has 1 amide bonds. The van der Waals surface area contributed by atoms with E-state index >= 15 is 0 Å². The molecule has 0 atom stereocenters. The summed E-state index contributed by atoms with van der Waals surface area (Å²) in [6.45, 7) is 0.704. The van der Waals surface area contributed by atoms with Crippen molar-refractivity contribution in [2.45, 2.75) is 11.4 Å². The van der Waals surface area contributed by atoms with Crippen LogP contribution in [0.15, 0.2) is 23.1 Å². The van der Waals surface area contributed by atoms with E-state index in [0.717, 1.165) is 6.26 Å². The molecule has 1 aromatic carbocycles. The van der Waals surface area contributed by atoms with Gasteiger partial charge in [0.1, 0.15) is 6.61 Å². The maximum absolute atomic E-state index is 11.6. The number of nitrogens with two attached hydrogens (primary N) is 1. The van der Waals surface area contributed by atoms with Gasteiger partial charge in [0.25, 0.3) is 0 Å². The molecule has 1 rings (SSSR count). The summed E-state index contributed by atoms with van der Waals surface area (Å²) in [4.78, 5) is 10.5. The molecule has 3 N–H and O–H groups in total. The van der Waals surface area contributed by atoms with Gasteiger partial charge < -0.3 is 15.8 Å². The summed E-state index contributed by atoms with van der Waals surface area (Å²) in [6, 6.07) is 4.70. The molecule has 0 aromatic heterocycles. The number of rotatable bonds is 6. The summed E-state index contributed by atoms with van der Waals surface area (Å²) >= 11 is 5.99. The number of ether oxygens (including phenoxy) is 1. The number of sulfone groups is 1. The number of primary amides is 1. The van der Waals surface area contributed by atoms with Gasteiger partial charge in [-0.3, -0.25) is 0 Å². The first-order valence-electron chi connectivity index (χ1n) is 5.42. The number of hydrogen-bond acceptors (Lipinski definition) is 5. The van der Waals surface area contributed by atoms with E-state index in [9.17, 15) is 13.2 Å². The Bertz CT molecular complexity index is 560. The maximum atomic E-state index is 11.6. The Hall–Kier alpha value is -1.31. The number of halogens is 1. The lowest BCUT2D eigenvalue weighted by atomic mass is 10.2. The van der Waals surface area contributed by atoms with Crippen LogP contribution in [-0.4, -0.2) is 33.9 Å². The zero-order chi connectivity index (χ0) is 14.5. The largest absolute Gasteiger partial charge is 0.448 e. The molecule has 0 bridgehead atoms. The number of benzene rings is 1. The number of carbonyl (C=O) groups excluding carboxylic acids is 1. The first-order chi connectivity index (χ1) is 8.82. The van der Waals surface area contributed by atoms with Crippen LogP contribution in [0.4, 0.5) is 4.79 Å². The van der Waals surface area contributed by atoms with Gasteiger partial charge >= 0.3 is 6.09 Å². The predicted octanol–water partition coefficient (Wildman–Crippen LogP) is 0.928. The van der Waals surface area contributed by atoms with Crippen LogP contribution in [0.3, 0.4) is 0 Å². The lowest BCUT2D eigenvalue weighted by Gasteiger charge is -2.11. The molecule has 0 aliphatic carbocycles. The molecule has 0 unspecified atom stereocenters. The Balaban J connectivity index is 2.70. The Morgan fingerprint density at radius 3 is 2.74 bits per heavy atom. The molecule has 6 nitrogen and oxygen atoms in total. The highest BCUT2D eigenvalue weighted by Gasteiger charge is 2.15. The fraction of sp³-hybridized carbons (Fsp3) is 0.364. The summed E-state index contributed by atoms with van der Waals surface area (Å²) in [5, 5.41) is 3.30. The van der Waals surface area contributed by atoms with E-state index < -0.39 is 15.9 Å². The van der Waals surface area contributed by atoms with Gasteiger partial charge in [-0.15, -0.1) is 0 Å². The fourth-order valence-corrected chi connectivity index (χ4v) is 2.75. The third-order valence-electron chi connectivity index (χ3n) is 2.30. The minimum Gasteiger partial charge on any atom is -0.448 e. The van der Waals surface area contributed by atoms with E-state index in [4.69, 9.17) is 17.3 Å². The van der Waals surface area contributed by atoms with Gasteiger partial charge in [-0.2, -0.15) is 0 Å². The highest BCUT2D eigenvalue weighted by molar-refractivity contribution is 7.90. The van der Waals surface area contributed by atoms with E-state index in [0.29, 0.717) is 17.1 Å². The number of nitrogens with one attached hydrogen (secondary N) is 1. The van der Waals surface area contributed by atoms with E-state index in [1.165, 1.54) is 6.07 Å². The van der Waals surface area contributed by atoms with Crippen LogP contribution in [0, 0.1) is 0 Å². The van der Waals surface area contributed by atoms with Crippen LogP contribution in [0.5, 0.6) is 0 Å². The maximum Gasteiger partial charge on any atom is 0.404 e. The minimum absolute atomic E-state index is 0.105. The second kappa shape index (κ2) is 6.74. The number of amides is 1. The first-order valence-corrected chi connectivity index (χ1v) is 7.69. The Labute approximate surface area is 116 Å². The van der Waals surface area contributed by atoms with E-state index in [2.05, 4.69) is 10.1 Å². The summed E-state index contributed by atoms with van der Waals surface area (Å²) in [5.74, 6) is 0. The standard InChI is InChI=1S/C11H15ClN2O4S/c1-19(16,17)10-4-2-3-9(12)8(10)7-14-5-6-18-11(13)15/h2-4,14H,5-7H2,1H3,(H2,13,15). The van der Waals surface area contributed by atoms with Gasteiger partial charge in [0.05, 0.1) is 4.90 Å². The SMILES string of the molecule is CS(=O)(=O)c1cccc(Cl)c1CNCCOC(N)=O. The van der Waals surface area contributed by atoms with Gasteiger partial charge in [0, 0.05) is 29.9 Å². The van der Waals surface area contributed by atoms with Crippen molar-refractivity contribution in [3.05, 3.63) is 28.8 Å². The van der Waals surface area contributed by atoms with Crippen LogP contribution in [0.1, 0.15) is 5.56 Å². The third kappa shape index (κ3) is 5.06. The zero-order valence-corrected chi connectivity index (χ0v) is 11.9. The monoisotopic (exact) mass is 306 g/mol. The van der Waals surface area contributed by atoms with Gasteiger partial charge in [0.2, 0.25) is 0 Å². The summed E-state index contributed by atoms with van der Waals surface area (Å²) in [6.07, 6.45) is 0.273. The molecular formula is C11H15ClN2O4S. The van der Waals surface area contributed by atoms with Crippen molar-refractivity contribution in [3.8, 4) is 0 Å². The normalized spacial score (nSPS) is 11.3. The van der Waals surface area contributed by atoms with Gasteiger partial charge in [0.15, 0.2) is 9.84 Å². The van der Waals surface area contributed by atoms with Crippen molar-refractivity contribution >= 4 is 27.5 Å². The average Bonchev–Trinajstić information content (AvgIpc) is 2.28. The second-order valence-electron chi connectivity index (χ2n) is 3.83. The second-order valence-corrected chi connectivity index (χ2v) is 6.22. The molecule has 0 saturated heterocycles. The van der Waals surface area contributed by atoms with Crippen LogP contribution < -0.4 is 11.1 Å². The Morgan fingerprint density at radius 1 is 1.47 bits per heavy atom. The number of carbonyl (C=O) groups is 1.